The number of aliphatic hydroxyl groups excluding tert-OH is 1. The van der Waals surface area contributed by atoms with Gasteiger partial charge >= 0.3 is 0 Å². The number of hydrogen-bond acceptors (Lipinski definition) is 2. The van der Waals surface area contributed by atoms with E-state index in [4.69, 9.17) is 5.73 Å². The zero-order chi connectivity index (χ0) is 14.7. The molecule has 2 nitrogen and oxygen atoms in total. The van der Waals surface area contributed by atoms with Gasteiger partial charge in [0.15, 0.2) is 0 Å². The standard InChI is InChI=1S/C19H31NO/c1-18-10-3-2-4-13(18)5-6-14-15(18)9-11-19(12-21)16(14)7-8-17(19)20/h5,14-17,21H,2-4,6-12,20H2,1H3/t14-,15+,16+,17+,18+,19-/m1/s1. The van der Waals surface area contributed by atoms with E-state index in [2.05, 4.69) is 13.0 Å². The maximum Gasteiger partial charge on any atom is 0.0505 e. The van der Waals surface area contributed by atoms with E-state index in [0.717, 1.165) is 18.3 Å². The number of nitrogens with two attached hydrogens (primary N) is 1. The van der Waals surface area contributed by atoms with E-state index in [9.17, 15) is 5.11 Å². The molecule has 3 N–H and O–H groups in total. The predicted octanol–water partition coefficient (Wildman–Crippen LogP) is 3.64. The first-order chi connectivity index (χ1) is 10.1. The summed E-state index contributed by atoms with van der Waals surface area (Å²) in [5.41, 5.74) is 8.74. The molecule has 0 saturated heterocycles. The fourth-order valence-electron chi connectivity index (χ4n) is 6.86. The lowest BCUT2D eigenvalue weighted by molar-refractivity contribution is -0.0632. The molecule has 0 unspecified atom stereocenters. The molecule has 0 spiro atoms. The van der Waals surface area contributed by atoms with Crippen molar-refractivity contribution in [2.24, 2.45) is 34.3 Å². The van der Waals surface area contributed by atoms with Gasteiger partial charge in [0.25, 0.3) is 0 Å². The fourth-order valence-corrected chi connectivity index (χ4v) is 6.86. The molecule has 0 aromatic rings. The molecule has 3 saturated carbocycles. The SMILES string of the molecule is C[C@]12CCCCC1=CC[C@H]1[C@@H]3CC[C@H](N)[C@@]3(CO)CC[C@@H]12. The summed E-state index contributed by atoms with van der Waals surface area (Å²) < 4.78 is 0. The second-order valence-corrected chi connectivity index (χ2v) is 8.58. The van der Waals surface area contributed by atoms with Gasteiger partial charge in [-0.1, -0.05) is 25.0 Å². The van der Waals surface area contributed by atoms with Gasteiger partial charge in [0, 0.05) is 11.5 Å². The van der Waals surface area contributed by atoms with E-state index in [1.807, 2.05) is 0 Å². The molecule has 0 heterocycles. The predicted molar refractivity (Wildman–Crippen MR) is 85.7 cm³/mol. The molecule has 6 atom stereocenters. The Labute approximate surface area is 129 Å². The number of allylic oxidation sites excluding steroid dienone is 2. The van der Waals surface area contributed by atoms with E-state index in [1.165, 1.54) is 51.4 Å². The molecule has 21 heavy (non-hydrogen) atoms. The Balaban J connectivity index is 1.70. The molecule has 2 heteroatoms. The van der Waals surface area contributed by atoms with Gasteiger partial charge in [0.1, 0.15) is 0 Å². The van der Waals surface area contributed by atoms with Gasteiger partial charge in [0.05, 0.1) is 6.61 Å². The molecular formula is C19H31NO. The molecule has 0 aromatic carbocycles. The van der Waals surface area contributed by atoms with Gasteiger partial charge < -0.3 is 10.8 Å². The third kappa shape index (κ3) is 1.78. The second-order valence-electron chi connectivity index (χ2n) is 8.58. The Morgan fingerprint density at radius 2 is 2.05 bits per heavy atom. The summed E-state index contributed by atoms with van der Waals surface area (Å²) in [6.07, 6.45) is 14.2. The van der Waals surface area contributed by atoms with Crippen LogP contribution in [0.1, 0.15) is 64.7 Å². The Morgan fingerprint density at radius 3 is 2.86 bits per heavy atom. The van der Waals surface area contributed by atoms with Crippen LogP contribution < -0.4 is 5.73 Å². The van der Waals surface area contributed by atoms with Gasteiger partial charge in [-0.2, -0.15) is 0 Å². The van der Waals surface area contributed by atoms with Crippen LogP contribution in [0.5, 0.6) is 0 Å². The van der Waals surface area contributed by atoms with Crippen LogP contribution in [0.15, 0.2) is 11.6 Å². The van der Waals surface area contributed by atoms with Crippen molar-refractivity contribution in [3.05, 3.63) is 11.6 Å². The van der Waals surface area contributed by atoms with Crippen molar-refractivity contribution in [3.63, 3.8) is 0 Å². The normalized spacial score (nSPS) is 52.6. The van der Waals surface area contributed by atoms with Crippen LogP contribution in [0.2, 0.25) is 0 Å². The van der Waals surface area contributed by atoms with Crippen LogP contribution in [0.25, 0.3) is 0 Å². The summed E-state index contributed by atoms with van der Waals surface area (Å²) in [5, 5.41) is 10.1. The molecule has 118 valence electrons. The summed E-state index contributed by atoms with van der Waals surface area (Å²) in [4.78, 5) is 0. The van der Waals surface area contributed by atoms with Crippen LogP contribution in [0.4, 0.5) is 0 Å². The van der Waals surface area contributed by atoms with Crippen molar-refractivity contribution in [1.29, 1.82) is 0 Å². The summed E-state index contributed by atoms with van der Waals surface area (Å²) >= 11 is 0. The average Bonchev–Trinajstić information content (AvgIpc) is 2.84. The van der Waals surface area contributed by atoms with Gasteiger partial charge in [-0.05, 0) is 74.5 Å². The lowest BCUT2D eigenvalue weighted by Gasteiger charge is -2.57. The van der Waals surface area contributed by atoms with Crippen LogP contribution in [0.3, 0.4) is 0 Å². The molecule has 0 aromatic heterocycles. The molecule has 0 amide bonds. The Kier molecular flexibility index (Phi) is 3.28. The minimum Gasteiger partial charge on any atom is -0.396 e. The minimum absolute atomic E-state index is 0.0531. The van der Waals surface area contributed by atoms with Crippen molar-refractivity contribution in [2.45, 2.75) is 70.8 Å². The minimum atomic E-state index is 0.0531. The van der Waals surface area contributed by atoms with Crippen LogP contribution in [-0.2, 0) is 0 Å². The largest absolute Gasteiger partial charge is 0.396 e. The van der Waals surface area contributed by atoms with E-state index in [-0.39, 0.29) is 11.5 Å². The fraction of sp³-hybridized carbons (Fsp3) is 0.895. The van der Waals surface area contributed by atoms with E-state index >= 15 is 0 Å². The smallest absolute Gasteiger partial charge is 0.0505 e. The maximum absolute atomic E-state index is 10.1. The summed E-state index contributed by atoms with van der Waals surface area (Å²) in [5.74, 6) is 2.31. The van der Waals surface area contributed by atoms with Gasteiger partial charge in [0.2, 0.25) is 0 Å². The molecule has 0 aliphatic heterocycles. The number of aliphatic hydroxyl groups is 1. The Hall–Kier alpha value is -0.340. The average molecular weight is 289 g/mol. The lowest BCUT2D eigenvalue weighted by atomic mass is 9.48. The van der Waals surface area contributed by atoms with E-state index < -0.39 is 0 Å². The highest BCUT2D eigenvalue weighted by molar-refractivity contribution is 5.24. The monoisotopic (exact) mass is 289 g/mol. The second kappa shape index (κ2) is 4.83. The third-order valence-electron chi connectivity index (χ3n) is 8.09. The Morgan fingerprint density at radius 1 is 1.19 bits per heavy atom. The molecular weight excluding hydrogens is 258 g/mol. The van der Waals surface area contributed by atoms with Crippen molar-refractivity contribution in [2.75, 3.05) is 6.61 Å². The maximum atomic E-state index is 10.1. The molecule has 4 rings (SSSR count). The molecule has 0 radical (unpaired) electrons. The topological polar surface area (TPSA) is 46.2 Å². The quantitative estimate of drug-likeness (QED) is 0.724. The van der Waals surface area contributed by atoms with Crippen molar-refractivity contribution in [1.82, 2.24) is 0 Å². The molecule has 4 aliphatic rings. The third-order valence-corrected chi connectivity index (χ3v) is 8.09. The van der Waals surface area contributed by atoms with Gasteiger partial charge in [-0.25, -0.2) is 0 Å². The highest BCUT2D eigenvalue weighted by Gasteiger charge is 2.59. The van der Waals surface area contributed by atoms with Crippen molar-refractivity contribution in [3.8, 4) is 0 Å². The first-order valence-corrected chi connectivity index (χ1v) is 9.18. The van der Waals surface area contributed by atoms with Gasteiger partial charge in [-0.15, -0.1) is 0 Å². The summed E-state index contributed by atoms with van der Waals surface area (Å²) in [6.45, 7) is 2.87. The highest BCUT2D eigenvalue weighted by Crippen LogP contribution is 2.64. The van der Waals surface area contributed by atoms with Crippen LogP contribution >= 0.6 is 0 Å². The van der Waals surface area contributed by atoms with Gasteiger partial charge in [-0.3, -0.25) is 0 Å². The van der Waals surface area contributed by atoms with Crippen LogP contribution in [0, 0.1) is 28.6 Å². The molecule has 3 fully saturated rings. The number of fused-ring (bicyclic) bond motifs is 5. The van der Waals surface area contributed by atoms with E-state index in [0.29, 0.717) is 17.9 Å². The molecule has 0 bridgehead atoms. The number of rotatable bonds is 1. The first kappa shape index (κ1) is 14.3. The zero-order valence-corrected chi connectivity index (χ0v) is 13.5. The summed E-state index contributed by atoms with van der Waals surface area (Å²) in [7, 11) is 0. The zero-order valence-electron chi connectivity index (χ0n) is 13.5. The first-order valence-electron chi connectivity index (χ1n) is 9.18. The van der Waals surface area contributed by atoms with Crippen molar-refractivity contribution >= 4 is 0 Å². The lowest BCUT2D eigenvalue weighted by Crippen LogP contribution is -2.54. The van der Waals surface area contributed by atoms with E-state index in [1.54, 1.807) is 5.57 Å². The molecule has 4 aliphatic carbocycles. The highest BCUT2D eigenvalue weighted by atomic mass is 16.3. The Bertz CT molecular complexity index is 458. The summed E-state index contributed by atoms with van der Waals surface area (Å²) in [6, 6.07) is 0.234. The van der Waals surface area contributed by atoms with Crippen LogP contribution in [-0.4, -0.2) is 17.8 Å². The number of hydrogen-bond donors (Lipinski definition) is 2. The van der Waals surface area contributed by atoms with Crippen molar-refractivity contribution < 1.29 is 5.11 Å².